The number of carbonyl (C=O) groups is 1. The Morgan fingerprint density at radius 2 is 2.32 bits per heavy atom. The van der Waals surface area contributed by atoms with Crippen LogP contribution in [0.3, 0.4) is 0 Å². The molecule has 100 valence electrons. The van der Waals surface area contributed by atoms with Crippen molar-refractivity contribution in [3.63, 3.8) is 0 Å². The summed E-state index contributed by atoms with van der Waals surface area (Å²) in [5, 5.41) is 0.740. The number of thioether (sulfide) groups is 1. The Morgan fingerprint density at radius 3 is 2.95 bits per heavy atom. The topological polar surface area (TPSA) is 44.1 Å². The van der Waals surface area contributed by atoms with E-state index in [0.717, 1.165) is 5.16 Å². The monoisotopic (exact) mass is 280 g/mol. The number of carbonyl (C=O) groups excluding carboxylic acids is 1. The van der Waals surface area contributed by atoms with Gasteiger partial charge in [-0.05, 0) is 18.2 Å². The molecule has 6 heteroatoms. The maximum Gasteiger partial charge on any atom is 0.177 e. The van der Waals surface area contributed by atoms with Crippen molar-refractivity contribution in [2.24, 2.45) is 7.05 Å². The first-order chi connectivity index (χ1) is 9.11. The van der Waals surface area contributed by atoms with Gasteiger partial charge in [0.2, 0.25) is 0 Å². The first-order valence-electron chi connectivity index (χ1n) is 5.58. The summed E-state index contributed by atoms with van der Waals surface area (Å²) in [6, 6.07) is 3.91. The van der Waals surface area contributed by atoms with Crippen molar-refractivity contribution in [1.82, 2.24) is 9.55 Å². The van der Waals surface area contributed by atoms with Crippen molar-refractivity contribution >= 4 is 17.5 Å². The number of halogens is 1. The van der Waals surface area contributed by atoms with Crippen LogP contribution >= 0.6 is 11.8 Å². The van der Waals surface area contributed by atoms with Gasteiger partial charge in [-0.1, -0.05) is 11.8 Å². The van der Waals surface area contributed by atoms with E-state index in [2.05, 4.69) is 4.98 Å². The number of methoxy groups -OCH3 is 1. The Morgan fingerprint density at radius 1 is 1.53 bits per heavy atom. The van der Waals surface area contributed by atoms with Crippen LogP contribution < -0.4 is 4.74 Å². The van der Waals surface area contributed by atoms with E-state index in [1.54, 1.807) is 12.4 Å². The average molecular weight is 280 g/mol. The van der Waals surface area contributed by atoms with Crippen LogP contribution in [0.4, 0.5) is 4.39 Å². The lowest BCUT2D eigenvalue weighted by Gasteiger charge is -2.07. The number of aromatic nitrogens is 2. The van der Waals surface area contributed by atoms with Gasteiger partial charge in [-0.2, -0.15) is 0 Å². The molecular formula is C13H13FN2O2S. The summed E-state index contributed by atoms with van der Waals surface area (Å²) in [5.74, 6) is -0.0765. The van der Waals surface area contributed by atoms with E-state index in [1.807, 2.05) is 11.6 Å². The molecule has 0 bridgehead atoms. The molecule has 0 spiro atoms. The Balaban J connectivity index is 2.12. The number of rotatable bonds is 5. The molecule has 0 saturated carbocycles. The highest BCUT2D eigenvalue weighted by molar-refractivity contribution is 7.99. The number of ketones is 1. The van der Waals surface area contributed by atoms with Gasteiger partial charge >= 0.3 is 0 Å². The second-order valence-electron chi connectivity index (χ2n) is 3.88. The van der Waals surface area contributed by atoms with Crippen molar-refractivity contribution in [3.05, 3.63) is 42.0 Å². The van der Waals surface area contributed by atoms with Crippen LogP contribution in [-0.2, 0) is 7.05 Å². The second-order valence-corrected chi connectivity index (χ2v) is 4.82. The summed E-state index contributed by atoms with van der Waals surface area (Å²) in [5.41, 5.74) is 0.254. The summed E-state index contributed by atoms with van der Waals surface area (Å²) < 4.78 is 20.1. The van der Waals surface area contributed by atoms with Crippen LogP contribution in [0, 0.1) is 5.82 Å². The molecule has 2 rings (SSSR count). The van der Waals surface area contributed by atoms with Gasteiger partial charge in [0.25, 0.3) is 0 Å². The molecule has 1 heterocycles. The van der Waals surface area contributed by atoms with Gasteiger partial charge < -0.3 is 9.30 Å². The fraction of sp³-hybridized carbons (Fsp3) is 0.231. The molecule has 2 aromatic rings. The van der Waals surface area contributed by atoms with Crippen molar-refractivity contribution in [2.45, 2.75) is 5.16 Å². The number of imidazole rings is 1. The zero-order valence-electron chi connectivity index (χ0n) is 10.6. The van der Waals surface area contributed by atoms with Gasteiger partial charge in [-0.15, -0.1) is 0 Å². The Hall–Kier alpha value is -1.82. The van der Waals surface area contributed by atoms with Gasteiger partial charge in [0.1, 0.15) is 11.6 Å². The second kappa shape index (κ2) is 5.88. The summed E-state index contributed by atoms with van der Waals surface area (Å²) in [6.07, 6.45) is 3.46. The molecular weight excluding hydrogens is 267 g/mol. The lowest BCUT2D eigenvalue weighted by Crippen LogP contribution is -2.06. The molecule has 0 N–H and O–H groups in total. The average Bonchev–Trinajstić information content (AvgIpc) is 2.81. The Kier molecular flexibility index (Phi) is 4.21. The molecule has 0 unspecified atom stereocenters. The predicted octanol–water partition coefficient (Wildman–Crippen LogP) is 2.54. The minimum absolute atomic E-state index is 0.185. The van der Waals surface area contributed by atoms with Gasteiger partial charge in [-0.3, -0.25) is 4.79 Å². The fourth-order valence-electron chi connectivity index (χ4n) is 1.60. The molecule has 0 amide bonds. The van der Waals surface area contributed by atoms with Crippen molar-refractivity contribution in [2.75, 3.05) is 12.9 Å². The smallest absolute Gasteiger partial charge is 0.177 e. The summed E-state index contributed by atoms with van der Waals surface area (Å²) in [6.45, 7) is 0. The molecule has 4 nitrogen and oxygen atoms in total. The standard InChI is InChI=1S/C13H13FN2O2S/c1-16-6-5-15-13(16)19-8-11(17)10-7-9(14)3-4-12(10)18-2/h3-7H,8H2,1-2H3. The number of nitrogens with zero attached hydrogens (tertiary/aromatic N) is 2. The van der Waals surface area contributed by atoms with Gasteiger partial charge in [-0.25, -0.2) is 9.37 Å². The molecule has 0 fully saturated rings. The highest BCUT2D eigenvalue weighted by Gasteiger charge is 2.14. The molecule has 0 saturated heterocycles. The summed E-state index contributed by atoms with van der Waals surface area (Å²) in [7, 11) is 3.30. The van der Waals surface area contributed by atoms with E-state index in [0.29, 0.717) is 5.75 Å². The van der Waals surface area contributed by atoms with Crippen LogP contribution in [0.15, 0.2) is 35.7 Å². The van der Waals surface area contributed by atoms with Crippen molar-refractivity contribution < 1.29 is 13.9 Å². The van der Waals surface area contributed by atoms with E-state index >= 15 is 0 Å². The maximum atomic E-state index is 13.2. The summed E-state index contributed by atoms with van der Waals surface area (Å²) in [4.78, 5) is 16.2. The first-order valence-corrected chi connectivity index (χ1v) is 6.57. The number of ether oxygens (including phenoxy) is 1. The van der Waals surface area contributed by atoms with Crippen LogP contribution in [-0.4, -0.2) is 28.2 Å². The van der Waals surface area contributed by atoms with E-state index < -0.39 is 5.82 Å². The van der Waals surface area contributed by atoms with E-state index in [1.165, 1.54) is 37.1 Å². The third-order valence-electron chi connectivity index (χ3n) is 2.57. The lowest BCUT2D eigenvalue weighted by atomic mass is 10.1. The molecule has 1 aromatic carbocycles. The number of benzene rings is 1. The normalized spacial score (nSPS) is 10.5. The quantitative estimate of drug-likeness (QED) is 0.623. The molecule has 0 aliphatic carbocycles. The van der Waals surface area contributed by atoms with E-state index in [9.17, 15) is 9.18 Å². The highest BCUT2D eigenvalue weighted by atomic mass is 32.2. The minimum Gasteiger partial charge on any atom is -0.496 e. The molecule has 19 heavy (non-hydrogen) atoms. The largest absolute Gasteiger partial charge is 0.496 e. The summed E-state index contributed by atoms with van der Waals surface area (Å²) >= 11 is 1.31. The molecule has 0 aliphatic rings. The van der Waals surface area contributed by atoms with Crippen LogP contribution in [0.1, 0.15) is 10.4 Å². The van der Waals surface area contributed by atoms with Gasteiger partial charge in [0.15, 0.2) is 10.9 Å². The predicted molar refractivity (Wildman–Crippen MR) is 71.2 cm³/mol. The van der Waals surface area contributed by atoms with Gasteiger partial charge in [0.05, 0.1) is 18.4 Å². The molecule has 0 atom stereocenters. The van der Waals surface area contributed by atoms with Crippen LogP contribution in [0.2, 0.25) is 0 Å². The van der Waals surface area contributed by atoms with Crippen LogP contribution in [0.5, 0.6) is 5.75 Å². The molecule has 0 radical (unpaired) electrons. The maximum absolute atomic E-state index is 13.2. The third-order valence-corrected chi connectivity index (χ3v) is 3.63. The number of Topliss-reactive ketones (excluding diaryl/α,β-unsaturated/α-hetero) is 1. The fourth-order valence-corrected chi connectivity index (χ4v) is 2.41. The number of hydrogen-bond acceptors (Lipinski definition) is 4. The highest BCUT2D eigenvalue weighted by Crippen LogP contribution is 2.23. The SMILES string of the molecule is COc1ccc(F)cc1C(=O)CSc1nccn1C. The zero-order valence-corrected chi connectivity index (χ0v) is 11.4. The first kappa shape index (κ1) is 13.6. The lowest BCUT2D eigenvalue weighted by molar-refractivity contribution is 0.101. The van der Waals surface area contributed by atoms with Crippen molar-refractivity contribution in [1.29, 1.82) is 0 Å². The number of hydrogen-bond donors (Lipinski definition) is 0. The van der Waals surface area contributed by atoms with Crippen molar-refractivity contribution in [3.8, 4) is 5.75 Å². The van der Waals surface area contributed by atoms with E-state index in [-0.39, 0.29) is 17.1 Å². The number of aryl methyl sites for hydroxylation is 1. The van der Waals surface area contributed by atoms with E-state index in [4.69, 9.17) is 4.74 Å². The molecule has 1 aromatic heterocycles. The molecule has 0 aliphatic heterocycles. The van der Waals surface area contributed by atoms with Gasteiger partial charge in [0, 0.05) is 19.4 Å². The zero-order chi connectivity index (χ0) is 13.8. The third kappa shape index (κ3) is 3.14. The Bertz CT molecular complexity index is 598. The Labute approximate surface area is 114 Å². The van der Waals surface area contributed by atoms with Crippen LogP contribution in [0.25, 0.3) is 0 Å². The minimum atomic E-state index is -0.453.